The predicted molar refractivity (Wildman–Crippen MR) is 116 cm³/mol. The van der Waals surface area contributed by atoms with Crippen LogP contribution in [0.1, 0.15) is 17.7 Å². The smallest absolute Gasteiger partial charge is 0.227 e. The number of piperidine rings is 1. The Morgan fingerprint density at radius 1 is 1.29 bits per heavy atom. The van der Waals surface area contributed by atoms with Gasteiger partial charge in [-0.3, -0.25) is 4.79 Å². The van der Waals surface area contributed by atoms with Crippen LogP contribution in [0.3, 0.4) is 0 Å². The Morgan fingerprint density at radius 2 is 2.07 bits per heavy atom. The van der Waals surface area contributed by atoms with Crippen LogP contribution in [0.2, 0.25) is 5.02 Å². The molecule has 1 saturated heterocycles. The molecule has 0 saturated carbocycles. The van der Waals surface area contributed by atoms with E-state index in [1.807, 2.05) is 6.20 Å². The molecule has 4 rings (SSSR count). The van der Waals surface area contributed by atoms with Gasteiger partial charge in [-0.15, -0.1) is 11.3 Å². The highest BCUT2D eigenvalue weighted by Crippen LogP contribution is 2.33. The molecule has 0 bridgehead atoms. The van der Waals surface area contributed by atoms with Crippen molar-refractivity contribution >= 4 is 50.4 Å². The summed E-state index contributed by atoms with van der Waals surface area (Å²) in [5, 5.41) is 4.68. The molecule has 7 heteroatoms. The first-order chi connectivity index (χ1) is 13.5. The van der Waals surface area contributed by atoms with Crippen LogP contribution in [0.4, 0.5) is 11.5 Å². The number of hydrogen-bond donors (Lipinski definition) is 1. The molecule has 1 aromatic carbocycles. The zero-order valence-electron chi connectivity index (χ0n) is 15.9. The summed E-state index contributed by atoms with van der Waals surface area (Å²) in [6.45, 7) is 3.77. The molecule has 0 radical (unpaired) electrons. The Balaban J connectivity index is 1.41. The second-order valence-corrected chi connectivity index (χ2v) is 8.70. The fourth-order valence-electron chi connectivity index (χ4n) is 3.67. The number of ether oxygens (including phenoxy) is 1. The van der Waals surface area contributed by atoms with Gasteiger partial charge < -0.3 is 15.0 Å². The number of nitrogens with zero attached hydrogens (tertiary/aromatic N) is 2. The maximum absolute atomic E-state index is 12.7. The van der Waals surface area contributed by atoms with Crippen LogP contribution in [0.25, 0.3) is 10.1 Å². The molecular weight excluding hydrogens is 394 g/mol. The number of hydrogen-bond acceptors (Lipinski definition) is 5. The lowest BCUT2D eigenvalue weighted by Crippen LogP contribution is -2.38. The monoisotopic (exact) mass is 415 g/mol. The quantitative estimate of drug-likeness (QED) is 0.642. The van der Waals surface area contributed by atoms with E-state index in [0.717, 1.165) is 31.7 Å². The van der Waals surface area contributed by atoms with Crippen LogP contribution in [-0.2, 0) is 4.79 Å². The molecular formula is C21H22ClN3O2S. The van der Waals surface area contributed by atoms with Crippen molar-refractivity contribution in [3.63, 3.8) is 0 Å². The molecule has 0 unspecified atom stereocenters. The van der Waals surface area contributed by atoms with Crippen LogP contribution in [0.15, 0.2) is 36.5 Å². The van der Waals surface area contributed by atoms with E-state index in [-0.39, 0.29) is 11.8 Å². The summed E-state index contributed by atoms with van der Waals surface area (Å²) >= 11 is 7.94. The molecule has 1 aliphatic rings. The molecule has 0 aliphatic carbocycles. The topological polar surface area (TPSA) is 54.5 Å². The maximum atomic E-state index is 12.7. The summed E-state index contributed by atoms with van der Waals surface area (Å²) in [6, 6.07) is 9.55. The Kier molecular flexibility index (Phi) is 5.42. The number of carbonyl (C=O) groups is 1. The van der Waals surface area contributed by atoms with Crippen molar-refractivity contribution in [2.24, 2.45) is 5.92 Å². The summed E-state index contributed by atoms with van der Waals surface area (Å²) in [6.07, 6.45) is 3.48. The van der Waals surface area contributed by atoms with Gasteiger partial charge in [-0.2, -0.15) is 0 Å². The molecule has 3 heterocycles. The summed E-state index contributed by atoms with van der Waals surface area (Å²) in [4.78, 5) is 20.9. The van der Waals surface area contributed by atoms with Crippen molar-refractivity contribution in [1.82, 2.24) is 4.98 Å². The van der Waals surface area contributed by atoms with E-state index in [1.165, 1.54) is 15.0 Å². The first kappa shape index (κ1) is 19.0. The minimum absolute atomic E-state index is 0.0134. The van der Waals surface area contributed by atoms with Crippen molar-refractivity contribution in [2.45, 2.75) is 19.8 Å². The van der Waals surface area contributed by atoms with Crippen LogP contribution in [-0.4, -0.2) is 31.1 Å². The van der Waals surface area contributed by atoms with Crippen molar-refractivity contribution in [3.05, 3.63) is 46.4 Å². The third-order valence-electron chi connectivity index (χ3n) is 5.13. The number of fused-ring (bicyclic) bond motifs is 1. The average Bonchev–Trinajstić information content (AvgIpc) is 3.08. The molecule has 0 atom stereocenters. The number of aryl methyl sites for hydroxylation is 1. The molecule has 2 aromatic heterocycles. The second kappa shape index (κ2) is 7.97. The van der Waals surface area contributed by atoms with Crippen LogP contribution < -0.4 is 15.0 Å². The van der Waals surface area contributed by atoms with Gasteiger partial charge in [0.05, 0.1) is 12.1 Å². The number of methoxy groups -OCH3 is 1. The zero-order chi connectivity index (χ0) is 19.7. The summed E-state index contributed by atoms with van der Waals surface area (Å²) in [5.74, 6) is 1.65. The van der Waals surface area contributed by atoms with E-state index in [0.29, 0.717) is 16.5 Å². The zero-order valence-corrected chi connectivity index (χ0v) is 17.4. The van der Waals surface area contributed by atoms with Crippen molar-refractivity contribution < 1.29 is 9.53 Å². The lowest BCUT2D eigenvalue weighted by molar-refractivity contribution is -0.120. The number of thiophene rings is 1. The molecule has 1 amide bonds. The number of carbonyl (C=O) groups excluding carboxylic acids is 1. The second-order valence-electron chi connectivity index (χ2n) is 7.00. The minimum Gasteiger partial charge on any atom is -0.495 e. The van der Waals surface area contributed by atoms with Gasteiger partial charge >= 0.3 is 0 Å². The molecule has 5 nitrogen and oxygen atoms in total. The number of rotatable bonds is 4. The molecule has 146 valence electrons. The fraction of sp³-hybridized carbons (Fsp3) is 0.333. The van der Waals surface area contributed by atoms with Gasteiger partial charge in [-0.1, -0.05) is 11.6 Å². The number of anilines is 2. The van der Waals surface area contributed by atoms with E-state index < -0.39 is 0 Å². The summed E-state index contributed by atoms with van der Waals surface area (Å²) in [5.41, 5.74) is 0.693. The van der Waals surface area contributed by atoms with Gasteiger partial charge in [0.2, 0.25) is 5.91 Å². The van der Waals surface area contributed by atoms with Crippen LogP contribution in [0, 0.1) is 12.8 Å². The third-order valence-corrected chi connectivity index (χ3v) is 6.44. The number of amides is 1. The van der Waals surface area contributed by atoms with Gasteiger partial charge in [0.15, 0.2) is 0 Å². The van der Waals surface area contributed by atoms with Gasteiger partial charge in [0.1, 0.15) is 11.6 Å². The number of pyridine rings is 1. The summed E-state index contributed by atoms with van der Waals surface area (Å²) < 4.78 is 6.41. The number of aromatic nitrogens is 1. The van der Waals surface area contributed by atoms with Crippen molar-refractivity contribution in [1.29, 1.82) is 0 Å². The van der Waals surface area contributed by atoms with E-state index in [1.54, 1.807) is 36.6 Å². The Morgan fingerprint density at radius 3 is 2.79 bits per heavy atom. The van der Waals surface area contributed by atoms with E-state index >= 15 is 0 Å². The molecule has 0 spiro atoms. The standard InChI is InChI=1S/C21H22ClN3O2S/c1-13-11-16-19(28-13)5-8-23-20(16)25-9-6-14(7-10-25)21(26)24-15-3-4-18(27-2)17(22)12-15/h3-5,8,11-12,14H,6-7,9-10H2,1-2H3,(H,24,26). The van der Waals surface area contributed by atoms with Crippen LogP contribution >= 0.6 is 22.9 Å². The first-order valence-electron chi connectivity index (χ1n) is 9.29. The highest BCUT2D eigenvalue weighted by Gasteiger charge is 2.26. The normalized spacial score (nSPS) is 15.0. The fourth-order valence-corrected chi connectivity index (χ4v) is 4.84. The van der Waals surface area contributed by atoms with Gasteiger partial charge in [-0.25, -0.2) is 4.98 Å². The lowest BCUT2D eigenvalue weighted by atomic mass is 9.95. The largest absolute Gasteiger partial charge is 0.495 e. The van der Waals surface area contributed by atoms with E-state index in [4.69, 9.17) is 16.3 Å². The predicted octanol–water partition coefficient (Wildman–Crippen LogP) is 5.12. The highest BCUT2D eigenvalue weighted by molar-refractivity contribution is 7.19. The SMILES string of the molecule is COc1ccc(NC(=O)C2CCN(c3nccc4sc(C)cc34)CC2)cc1Cl. The van der Waals surface area contributed by atoms with Gasteiger partial charge in [0, 0.05) is 45.9 Å². The average molecular weight is 416 g/mol. The van der Waals surface area contributed by atoms with Crippen molar-refractivity contribution in [2.75, 3.05) is 30.4 Å². The van der Waals surface area contributed by atoms with Gasteiger partial charge in [-0.05, 0) is 50.1 Å². The van der Waals surface area contributed by atoms with Crippen LogP contribution in [0.5, 0.6) is 5.75 Å². The van der Waals surface area contributed by atoms with E-state index in [9.17, 15) is 4.79 Å². The van der Waals surface area contributed by atoms with Gasteiger partial charge in [0.25, 0.3) is 0 Å². The molecule has 1 aliphatic heterocycles. The Labute approximate surface area is 173 Å². The number of nitrogens with one attached hydrogen (secondary N) is 1. The maximum Gasteiger partial charge on any atom is 0.227 e. The first-order valence-corrected chi connectivity index (χ1v) is 10.5. The number of halogens is 1. The Hall–Kier alpha value is -2.31. The van der Waals surface area contributed by atoms with E-state index in [2.05, 4.69) is 34.3 Å². The molecule has 28 heavy (non-hydrogen) atoms. The minimum atomic E-state index is -0.0134. The molecule has 3 aromatic rings. The summed E-state index contributed by atoms with van der Waals surface area (Å²) in [7, 11) is 1.57. The highest BCUT2D eigenvalue weighted by atomic mass is 35.5. The van der Waals surface area contributed by atoms with Crippen molar-refractivity contribution in [3.8, 4) is 5.75 Å². The Bertz CT molecular complexity index is 1010. The number of benzene rings is 1. The third kappa shape index (κ3) is 3.80. The molecule has 1 N–H and O–H groups in total. The lowest BCUT2D eigenvalue weighted by Gasteiger charge is -2.32. The molecule has 1 fully saturated rings.